The molecule has 1 saturated heterocycles. The van der Waals surface area contributed by atoms with E-state index in [4.69, 9.17) is 39.5 Å². The lowest BCUT2D eigenvalue weighted by atomic mass is 10.1. The number of imide groups is 2. The van der Waals surface area contributed by atoms with Crippen LogP contribution in [0.5, 0.6) is 11.5 Å². The fourth-order valence-electron chi connectivity index (χ4n) is 3.20. The summed E-state index contributed by atoms with van der Waals surface area (Å²) in [5, 5.41) is 12.8. The zero-order chi connectivity index (χ0) is 24.4. The van der Waals surface area contributed by atoms with Crippen molar-refractivity contribution in [1.29, 1.82) is 0 Å². The molecule has 4 rings (SSSR count). The standard InChI is InChI=1S/C24H15Cl3N2O5/c25-15-2-8-21(34-12-13-1-7-19(26)20(27)9-13)14(10-15)11-18-22(31)28-24(33)29(23(18)32)16-3-5-17(30)6-4-16/h1-11,30H,12H2,(H,28,31,33)/b18-11+. The van der Waals surface area contributed by atoms with E-state index in [1.165, 1.54) is 36.4 Å². The zero-order valence-electron chi connectivity index (χ0n) is 17.2. The van der Waals surface area contributed by atoms with Gasteiger partial charge in [0.1, 0.15) is 23.7 Å². The molecule has 172 valence electrons. The summed E-state index contributed by atoms with van der Waals surface area (Å²) in [5.74, 6) is -1.39. The molecule has 7 nitrogen and oxygen atoms in total. The highest BCUT2D eigenvalue weighted by Crippen LogP contribution is 2.30. The first-order valence-corrected chi connectivity index (χ1v) is 10.9. The summed E-state index contributed by atoms with van der Waals surface area (Å²) in [7, 11) is 0. The number of hydrogen-bond donors (Lipinski definition) is 2. The minimum absolute atomic E-state index is 0.0387. The molecule has 0 aromatic heterocycles. The molecule has 1 heterocycles. The molecule has 1 fully saturated rings. The topological polar surface area (TPSA) is 95.9 Å². The average Bonchev–Trinajstić information content (AvgIpc) is 2.79. The number of amides is 4. The highest BCUT2D eigenvalue weighted by Gasteiger charge is 2.37. The van der Waals surface area contributed by atoms with Gasteiger partial charge in [-0.05, 0) is 66.2 Å². The van der Waals surface area contributed by atoms with Gasteiger partial charge < -0.3 is 9.84 Å². The second-order valence-electron chi connectivity index (χ2n) is 7.19. The van der Waals surface area contributed by atoms with E-state index in [1.807, 2.05) is 0 Å². The van der Waals surface area contributed by atoms with Crippen molar-refractivity contribution >= 4 is 64.4 Å². The van der Waals surface area contributed by atoms with Crippen LogP contribution in [-0.4, -0.2) is 23.0 Å². The molecule has 0 unspecified atom stereocenters. The number of ether oxygens (including phenoxy) is 1. The number of carbonyl (C=O) groups excluding carboxylic acids is 3. The van der Waals surface area contributed by atoms with Crippen LogP contribution in [-0.2, 0) is 16.2 Å². The van der Waals surface area contributed by atoms with Crippen molar-refractivity contribution in [3.63, 3.8) is 0 Å². The second kappa shape index (κ2) is 9.77. The summed E-state index contributed by atoms with van der Waals surface area (Å²) in [6, 6.07) is 14.3. The normalized spacial score (nSPS) is 15.0. The quantitative estimate of drug-likeness (QED) is 0.339. The lowest BCUT2D eigenvalue weighted by Crippen LogP contribution is -2.54. The van der Waals surface area contributed by atoms with Crippen LogP contribution in [0.1, 0.15) is 11.1 Å². The summed E-state index contributed by atoms with van der Waals surface area (Å²) in [5.41, 5.74) is 0.986. The maximum atomic E-state index is 13.1. The number of phenols is 1. The van der Waals surface area contributed by atoms with Gasteiger partial charge in [-0.25, -0.2) is 9.69 Å². The minimum atomic E-state index is -0.903. The molecular formula is C24H15Cl3N2O5. The molecule has 3 aromatic rings. The van der Waals surface area contributed by atoms with Gasteiger partial charge in [-0.15, -0.1) is 0 Å². The first kappa shape index (κ1) is 23.6. The molecule has 0 bridgehead atoms. The van der Waals surface area contributed by atoms with Crippen molar-refractivity contribution in [1.82, 2.24) is 5.32 Å². The van der Waals surface area contributed by atoms with Crippen molar-refractivity contribution in [2.75, 3.05) is 4.90 Å². The summed E-state index contributed by atoms with van der Waals surface area (Å²) >= 11 is 18.1. The predicted octanol–water partition coefficient (Wildman–Crippen LogP) is 5.60. The number of phenolic OH excluding ortho intramolecular Hbond substituents is 1. The van der Waals surface area contributed by atoms with Crippen LogP contribution in [0.4, 0.5) is 10.5 Å². The number of halogens is 3. The van der Waals surface area contributed by atoms with Gasteiger partial charge in [0, 0.05) is 10.6 Å². The van der Waals surface area contributed by atoms with Crippen molar-refractivity contribution in [3.05, 3.63) is 92.4 Å². The van der Waals surface area contributed by atoms with Crippen LogP contribution < -0.4 is 15.0 Å². The van der Waals surface area contributed by atoms with Crippen LogP contribution in [0.25, 0.3) is 6.08 Å². The van der Waals surface area contributed by atoms with Gasteiger partial charge in [0.15, 0.2) is 0 Å². The molecule has 10 heteroatoms. The first-order valence-electron chi connectivity index (χ1n) is 9.79. The molecule has 3 aromatic carbocycles. The number of rotatable bonds is 5. The molecule has 4 amide bonds. The number of nitrogens with zero attached hydrogens (tertiary/aromatic N) is 1. The summed E-state index contributed by atoms with van der Waals surface area (Å²) in [6.45, 7) is 0.132. The second-order valence-corrected chi connectivity index (χ2v) is 8.44. The van der Waals surface area contributed by atoms with Gasteiger partial charge in [0.05, 0.1) is 15.7 Å². The number of aromatic hydroxyl groups is 1. The Bertz CT molecular complexity index is 1340. The van der Waals surface area contributed by atoms with Crippen LogP contribution in [0.3, 0.4) is 0 Å². The molecule has 34 heavy (non-hydrogen) atoms. The molecule has 0 radical (unpaired) electrons. The lowest BCUT2D eigenvalue weighted by Gasteiger charge is -2.26. The fraction of sp³-hybridized carbons (Fsp3) is 0.0417. The van der Waals surface area contributed by atoms with E-state index in [2.05, 4.69) is 5.32 Å². The predicted molar refractivity (Wildman–Crippen MR) is 129 cm³/mol. The maximum absolute atomic E-state index is 13.1. The molecular weight excluding hydrogens is 503 g/mol. The summed E-state index contributed by atoms with van der Waals surface area (Å²) in [4.78, 5) is 38.7. The molecule has 0 saturated carbocycles. The van der Waals surface area contributed by atoms with Gasteiger partial charge in [-0.3, -0.25) is 14.9 Å². The third-order valence-electron chi connectivity index (χ3n) is 4.86. The Morgan fingerprint density at radius 2 is 1.65 bits per heavy atom. The highest BCUT2D eigenvalue weighted by molar-refractivity contribution is 6.42. The highest BCUT2D eigenvalue weighted by atomic mass is 35.5. The van der Waals surface area contributed by atoms with E-state index in [1.54, 1.807) is 30.3 Å². The van der Waals surface area contributed by atoms with Crippen LogP contribution in [0.15, 0.2) is 66.2 Å². The third kappa shape index (κ3) is 5.02. The van der Waals surface area contributed by atoms with Gasteiger partial charge in [-0.1, -0.05) is 40.9 Å². The van der Waals surface area contributed by atoms with Gasteiger partial charge in [0.25, 0.3) is 11.8 Å². The SMILES string of the molecule is O=C1NC(=O)N(c2ccc(O)cc2)C(=O)/C1=C/c1cc(Cl)ccc1OCc1ccc(Cl)c(Cl)c1. The Labute approximate surface area is 209 Å². The molecule has 0 aliphatic carbocycles. The van der Waals surface area contributed by atoms with E-state index in [9.17, 15) is 19.5 Å². The Morgan fingerprint density at radius 1 is 0.912 bits per heavy atom. The Hall–Kier alpha value is -3.52. The van der Waals surface area contributed by atoms with Gasteiger partial charge in [0.2, 0.25) is 0 Å². The zero-order valence-corrected chi connectivity index (χ0v) is 19.5. The van der Waals surface area contributed by atoms with Gasteiger partial charge >= 0.3 is 6.03 Å². The number of hydrogen-bond acceptors (Lipinski definition) is 5. The number of benzene rings is 3. The Morgan fingerprint density at radius 3 is 2.35 bits per heavy atom. The van der Waals surface area contributed by atoms with Crippen molar-refractivity contribution in [3.8, 4) is 11.5 Å². The number of carbonyl (C=O) groups is 3. The largest absolute Gasteiger partial charge is 0.508 e. The summed E-state index contributed by atoms with van der Waals surface area (Å²) in [6.07, 6.45) is 1.30. The Balaban J connectivity index is 1.66. The monoisotopic (exact) mass is 516 g/mol. The van der Waals surface area contributed by atoms with Crippen molar-refractivity contribution in [2.24, 2.45) is 0 Å². The molecule has 0 spiro atoms. The van der Waals surface area contributed by atoms with E-state index in [-0.39, 0.29) is 23.6 Å². The van der Waals surface area contributed by atoms with E-state index in [0.29, 0.717) is 26.4 Å². The minimum Gasteiger partial charge on any atom is -0.508 e. The number of anilines is 1. The number of nitrogens with one attached hydrogen (secondary N) is 1. The Kier molecular flexibility index (Phi) is 6.79. The van der Waals surface area contributed by atoms with Gasteiger partial charge in [-0.2, -0.15) is 0 Å². The van der Waals surface area contributed by atoms with Crippen molar-refractivity contribution < 1.29 is 24.2 Å². The molecule has 1 aliphatic heterocycles. The van der Waals surface area contributed by atoms with E-state index >= 15 is 0 Å². The van der Waals surface area contributed by atoms with Crippen LogP contribution in [0.2, 0.25) is 15.1 Å². The third-order valence-corrected chi connectivity index (χ3v) is 5.83. The molecule has 0 atom stereocenters. The lowest BCUT2D eigenvalue weighted by molar-refractivity contribution is -0.122. The van der Waals surface area contributed by atoms with Crippen LogP contribution >= 0.6 is 34.8 Å². The maximum Gasteiger partial charge on any atom is 0.335 e. The van der Waals surface area contributed by atoms with E-state index < -0.39 is 17.8 Å². The smallest absolute Gasteiger partial charge is 0.335 e. The van der Waals surface area contributed by atoms with Crippen molar-refractivity contribution in [2.45, 2.75) is 6.61 Å². The molecule has 2 N–H and O–H groups in total. The number of urea groups is 1. The summed E-state index contributed by atoms with van der Waals surface area (Å²) < 4.78 is 5.87. The van der Waals surface area contributed by atoms with E-state index in [0.717, 1.165) is 10.5 Å². The fourth-order valence-corrected chi connectivity index (χ4v) is 3.70. The number of barbiturate groups is 1. The van der Waals surface area contributed by atoms with Crippen LogP contribution in [0, 0.1) is 0 Å². The first-order chi connectivity index (χ1) is 16.2. The molecule has 1 aliphatic rings. The average molecular weight is 518 g/mol.